The van der Waals surface area contributed by atoms with Crippen LogP contribution in [0.1, 0.15) is 27.3 Å². The van der Waals surface area contributed by atoms with E-state index in [1.165, 1.54) is 6.07 Å². The first-order chi connectivity index (χ1) is 12.4. The zero-order valence-electron chi connectivity index (χ0n) is 14.9. The second-order valence-corrected chi connectivity index (χ2v) is 6.36. The molecule has 0 atom stereocenters. The van der Waals surface area contributed by atoms with Crippen LogP contribution in [0.25, 0.3) is 5.69 Å². The molecule has 0 aliphatic rings. The lowest BCUT2D eigenvalue weighted by Crippen LogP contribution is -2.15. The zero-order chi connectivity index (χ0) is 18.8. The van der Waals surface area contributed by atoms with Gasteiger partial charge in [0.1, 0.15) is 11.6 Å². The van der Waals surface area contributed by atoms with Crippen molar-refractivity contribution < 1.29 is 13.6 Å². The van der Waals surface area contributed by atoms with Gasteiger partial charge < -0.3 is 9.88 Å². The third-order valence-corrected chi connectivity index (χ3v) is 4.39. The van der Waals surface area contributed by atoms with Crippen LogP contribution < -0.4 is 5.32 Å². The largest absolute Gasteiger partial charge is 0.375 e. The van der Waals surface area contributed by atoms with Gasteiger partial charge >= 0.3 is 0 Å². The summed E-state index contributed by atoms with van der Waals surface area (Å²) in [6, 6.07) is 13.1. The average molecular weight is 354 g/mol. The first-order valence-corrected chi connectivity index (χ1v) is 8.35. The Morgan fingerprint density at radius 1 is 1.00 bits per heavy atom. The number of anilines is 1. The number of carbonyl (C=O) groups is 1. The SMILES string of the molecule is Cc1ccc(-n2c(C)cc(C(=O)CNc3ccc(F)cc3F)c2C)cc1. The van der Waals surface area contributed by atoms with E-state index in [1.807, 2.05) is 55.7 Å². The van der Waals surface area contributed by atoms with E-state index in [2.05, 4.69) is 5.32 Å². The predicted octanol–water partition coefficient (Wildman–Crippen LogP) is 4.98. The van der Waals surface area contributed by atoms with Gasteiger partial charge in [-0.25, -0.2) is 8.78 Å². The van der Waals surface area contributed by atoms with Crippen LogP contribution >= 0.6 is 0 Å². The minimum Gasteiger partial charge on any atom is -0.375 e. The molecule has 1 aromatic heterocycles. The summed E-state index contributed by atoms with van der Waals surface area (Å²) in [5.41, 5.74) is 4.62. The molecule has 0 saturated heterocycles. The van der Waals surface area contributed by atoms with E-state index in [0.717, 1.165) is 34.8 Å². The summed E-state index contributed by atoms with van der Waals surface area (Å²) < 4.78 is 28.7. The van der Waals surface area contributed by atoms with Crippen LogP contribution in [0.15, 0.2) is 48.5 Å². The van der Waals surface area contributed by atoms with Gasteiger partial charge in [0.2, 0.25) is 0 Å². The number of carbonyl (C=O) groups excluding carboxylic acids is 1. The third-order valence-electron chi connectivity index (χ3n) is 4.39. The highest BCUT2D eigenvalue weighted by molar-refractivity contribution is 6.00. The van der Waals surface area contributed by atoms with Crippen LogP contribution in [0.2, 0.25) is 0 Å². The monoisotopic (exact) mass is 354 g/mol. The van der Waals surface area contributed by atoms with Gasteiger partial charge in [-0.15, -0.1) is 0 Å². The molecular weight excluding hydrogens is 334 g/mol. The van der Waals surface area contributed by atoms with E-state index in [0.29, 0.717) is 5.56 Å². The number of benzene rings is 2. The van der Waals surface area contributed by atoms with Crippen LogP contribution in [0.3, 0.4) is 0 Å². The Labute approximate surface area is 151 Å². The molecule has 1 N–H and O–H groups in total. The second-order valence-electron chi connectivity index (χ2n) is 6.36. The Hall–Kier alpha value is -2.95. The Kier molecular flexibility index (Phi) is 4.89. The predicted molar refractivity (Wildman–Crippen MR) is 99.2 cm³/mol. The average Bonchev–Trinajstić information content (AvgIpc) is 2.89. The Morgan fingerprint density at radius 3 is 2.35 bits per heavy atom. The molecule has 0 bridgehead atoms. The minimum absolute atomic E-state index is 0.0687. The molecule has 2 aromatic carbocycles. The molecule has 26 heavy (non-hydrogen) atoms. The highest BCUT2D eigenvalue weighted by Gasteiger charge is 2.17. The first kappa shape index (κ1) is 17.9. The van der Waals surface area contributed by atoms with E-state index in [-0.39, 0.29) is 18.0 Å². The number of hydrogen-bond acceptors (Lipinski definition) is 2. The van der Waals surface area contributed by atoms with E-state index in [9.17, 15) is 13.6 Å². The molecule has 0 aliphatic carbocycles. The Morgan fingerprint density at radius 2 is 1.69 bits per heavy atom. The molecule has 3 aromatic rings. The molecule has 1 heterocycles. The molecule has 0 amide bonds. The van der Waals surface area contributed by atoms with E-state index >= 15 is 0 Å². The maximum Gasteiger partial charge on any atom is 0.183 e. The molecule has 134 valence electrons. The molecule has 0 spiro atoms. The fraction of sp³-hybridized carbons (Fsp3) is 0.190. The fourth-order valence-electron chi connectivity index (χ4n) is 3.04. The standard InChI is InChI=1S/C21H20F2N2O/c1-13-4-7-17(8-5-13)25-14(2)10-18(15(25)3)21(26)12-24-20-9-6-16(22)11-19(20)23/h4-11,24H,12H2,1-3H3. The molecular formula is C21H20F2N2O. The van der Waals surface area contributed by atoms with Crippen LogP contribution in [-0.2, 0) is 0 Å². The van der Waals surface area contributed by atoms with Crippen molar-refractivity contribution >= 4 is 11.5 Å². The van der Waals surface area contributed by atoms with Gasteiger partial charge in [0.15, 0.2) is 5.78 Å². The van der Waals surface area contributed by atoms with Crippen molar-refractivity contribution in [1.29, 1.82) is 0 Å². The Balaban J connectivity index is 1.82. The summed E-state index contributed by atoms with van der Waals surface area (Å²) in [6.45, 7) is 5.78. The number of halogens is 2. The van der Waals surface area contributed by atoms with Crippen molar-refractivity contribution in [2.75, 3.05) is 11.9 Å². The summed E-state index contributed by atoms with van der Waals surface area (Å²) in [5, 5.41) is 2.74. The quantitative estimate of drug-likeness (QED) is 0.656. The van der Waals surface area contributed by atoms with Crippen molar-refractivity contribution in [3.63, 3.8) is 0 Å². The Bertz CT molecular complexity index is 959. The van der Waals surface area contributed by atoms with E-state index in [4.69, 9.17) is 0 Å². The van der Waals surface area contributed by atoms with Gasteiger partial charge in [0.05, 0.1) is 12.2 Å². The smallest absolute Gasteiger partial charge is 0.183 e. The van der Waals surface area contributed by atoms with Gasteiger partial charge in [-0.3, -0.25) is 4.79 Å². The molecule has 0 fully saturated rings. The summed E-state index contributed by atoms with van der Waals surface area (Å²) in [5.74, 6) is -1.52. The van der Waals surface area contributed by atoms with Crippen LogP contribution in [0.5, 0.6) is 0 Å². The number of aromatic nitrogens is 1. The van der Waals surface area contributed by atoms with Crippen LogP contribution in [0, 0.1) is 32.4 Å². The fourth-order valence-corrected chi connectivity index (χ4v) is 3.04. The van der Waals surface area contributed by atoms with Crippen molar-refractivity contribution in [3.8, 4) is 5.69 Å². The zero-order valence-corrected chi connectivity index (χ0v) is 14.9. The highest BCUT2D eigenvalue weighted by Crippen LogP contribution is 2.22. The summed E-state index contributed by atoms with van der Waals surface area (Å²) in [7, 11) is 0. The minimum atomic E-state index is -0.720. The van der Waals surface area contributed by atoms with Crippen molar-refractivity contribution in [3.05, 3.63) is 82.7 Å². The topological polar surface area (TPSA) is 34.0 Å². The van der Waals surface area contributed by atoms with Gasteiger partial charge in [-0.2, -0.15) is 0 Å². The molecule has 3 rings (SSSR count). The molecule has 0 unspecified atom stereocenters. The third kappa shape index (κ3) is 3.52. The number of nitrogens with one attached hydrogen (secondary N) is 1. The lowest BCUT2D eigenvalue weighted by atomic mass is 10.1. The maximum atomic E-state index is 13.7. The van der Waals surface area contributed by atoms with Crippen LogP contribution in [0.4, 0.5) is 14.5 Å². The van der Waals surface area contributed by atoms with Crippen molar-refractivity contribution in [1.82, 2.24) is 4.57 Å². The summed E-state index contributed by atoms with van der Waals surface area (Å²) in [6.07, 6.45) is 0. The van der Waals surface area contributed by atoms with Gasteiger partial charge in [-0.05, 0) is 51.1 Å². The molecule has 3 nitrogen and oxygen atoms in total. The lowest BCUT2D eigenvalue weighted by molar-refractivity contribution is 0.101. The first-order valence-electron chi connectivity index (χ1n) is 8.35. The number of ketones is 1. The van der Waals surface area contributed by atoms with Gasteiger partial charge in [0, 0.05) is 28.7 Å². The van der Waals surface area contributed by atoms with Crippen molar-refractivity contribution in [2.45, 2.75) is 20.8 Å². The second kappa shape index (κ2) is 7.12. The number of rotatable bonds is 5. The molecule has 0 saturated carbocycles. The normalized spacial score (nSPS) is 10.8. The maximum absolute atomic E-state index is 13.7. The number of nitrogens with zero attached hydrogens (tertiary/aromatic N) is 1. The van der Waals surface area contributed by atoms with Crippen molar-refractivity contribution in [2.24, 2.45) is 0 Å². The molecule has 0 aliphatic heterocycles. The molecule has 0 radical (unpaired) electrons. The van der Waals surface area contributed by atoms with E-state index in [1.54, 1.807) is 0 Å². The number of aryl methyl sites for hydroxylation is 2. The van der Waals surface area contributed by atoms with Crippen LogP contribution in [-0.4, -0.2) is 16.9 Å². The van der Waals surface area contributed by atoms with E-state index < -0.39 is 11.6 Å². The number of hydrogen-bond donors (Lipinski definition) is 1. The van der Waals surface area contributed by atoms with Gasteiger partial charge in [-0.1, -0.05) is 17.7 Å². The summed E-state index contributed by atoms with van der Waals surface area (Å²) >= 11 is 0. The lowest BCUT2D eigenvalue weighted by Gasteiger charge is -2.11. The summed E-state index contributed by atoms with van der Waals surface area (Å²) in [4.78, 5) is 12.6. The van der Waals surface area contributed by atoms with Gasteiger partial charge in [0.25, 0.3) is 0 Å². The number of Topliss-reactive ketones (excluding diaryl/α,β-unsaturated/α-hetero) is 1. The highest BCUT2D eigenvalue weighted by atomic mass is 19.1. The molecule has 5 heteroatoms.